The maximum Gasteiger partial charge on any atom is 0.311 e. The quantitative estimate of drug-likeness (QED) is 0.560. The summed E-state index contributed by atoms with van der Waals surface area (Å²) >= 11 is 0. The van der Waals surface area contributed by atoms with E-state index >= 15 is 0 Å². The molecular formula is C19H22N2O5. The summed E-state index contributed by atoms with van der Waals surface area (Å²) in [7, 11) is 2.98. The lowest BCUT2D eigenvalue weighted by molar-refractivity contribution is -0.385. The molecule has 0 heterocycles. The number of methoxy groups -OCH3 is 1. The Balaban J connectivity index is 2.01. The van der Waals surface area contributed by atoms with E-state index in [1.807, 2.05) is 26.0 Å². The first kappa shape index (κ1) is 19.2. The monoisotopic (exact) mass is 358 g/mol. The topological polar surface area (TPSA) is 81.9 Å². The van der Waals surface area contributed by atoms with Gasteiger partial charge in [-0.1, -0.05) is 6.07 Å². The van der Waals surface area contributed by atoms with E-state index in [4.69, 9.17) is 9.47 Å². The Hall–Kier alpha value is -3.09. The number of rotatable bonds is 7. The first-order valence-corrected chi connectivity index (χ1v) is 8.11. The van der Waals surface area contributed by atoms with E-state index in [9.17, 15) is 14.9 Å². The highest BCUT2D eigenvalue weighted by Gasteiger charge is 2.20. The zero-order valence-corrected chi connectivity index (χ0v) is 15.3. The number of nitrogens with zero attached hydrogens (tertiary/aromatic N) is 2. The first-order chi connectivity index (χ1) is 12.3. The number of hydrogen-bond acceptors (Lipinski definition) is 5. The standard InChI is InChI=1S/C19H22N2O5/c1-13-9-14(2)11-16(10-13)26-8-7-20(3)19(22)15-5-6-18(25-4)17(12-15)21(23)24/h5-6,9-12H,7-8H2,1-4H3. The number of nitro groups is 1. The summed E-state index contributed by atoms with van der Waals surface area (Å²) in [6.45, 7) is 4.66. The Kier molecular flexibility index (Phi) is 6.16. The molecule has 0 radical (unpaired) electrons. The number of aryl methyl sites for hydroxylation is 2. The molecular weight excluding hydrogens is 336 g/mol. The van der Waals surface area contributed by atoms with E-state index in [1.165, 1.54) is 30.2 Å². The molecule has 0 fully saturated rings. The Bertz CT molecular complexity index is 799. The Labute approximate surface area is 152 Å². The number of ether oxygens (including phenoxy) is 2. The molecule has 0 bridgehead atoms. The summed E-state index contributed by atoms with van der Waals surface area (Å²) in [5, 5.41) is 11.1. The lowest BCUT2D eigenvalue weighted by Crippen LogP contribution is -2.30. The van der Waals surface area contributed by atoms with E-state index in [0.29, 0.717) is 13.2 Å². The largest absolute Gasteiger partial charge is 0.492 e. The van der Waals surface area contributed by atoms with Crippen LogP contribution in [-0.2, 0) is 0 Å². The van der Waals surface area contributed by atoms with Gasteiger partial charge in [-0.05, 0) is 49.2 Å². The minimum Gasteiger partial charge on any atom is -0.492 e. The van der Waals surface area contributed by atoms with Gasteiger partial charge in [-0.3, -0.25) is 14.9 Å². The van der Waals surface area contributed by atoms with Gasteiger partial charge in [0.1, 0.15) is 12.4 Å². The van der Waals surface area contributed by atoms with Gasteiger partial charge < -0.3 is 14.4 Å². The predicted molar refractivity (Wildman–Crippen MR) is 98.0 cm³/mol. The molecule has 0 atom stereocenters. The van der Waals surface area contributed by atoms with Crippen LogP contribution in [0.5, 0.6) is 11.5 Å². The van der Waals surface area contributed by atoms with Gasteiger partial charge in [0.05, 0.1) is 18.6 Å². The third kappa shape index (κ3) is 4.72. The third-order valence-corrected chi connectivity index (χ3v) is 3.86. The van der Waals surface area contributed by atoms with Crippen LogP contribution in [0.4, 0.5) is 5.69 Å². The fourth-order valence-corrected chi connectivity index (χ4v) is 2.60. The second-order valence-electron chi connectivity index (χ2n) is 6.04. The summed E-state index contributed by atoms with van der Waals surface area (Å²) in [4.78, 5) is 24.5. The van der Waals surface area contributed by atoms with Crippen molar-refractivity contribution in [1.82, 2.24) is 4.90 Å². The minimum atomic E-state index is -0.571. The second-order valence-corrected chi connectivity index (χ2v) is 6.04. The fraction of sp³-hybridized carbons (Fsp3) is 0.316. The number of benzene rings is 2. The molecule has 2 aromatic rings. The molecule has 138 valence electrons. The van der Waals surface area contributed by atoms with Crippen molar-refractivity contribution in [2.45, 2.75) is 13.8 Å². The Morgan fingerprint density at radius 3 is 2.38 bits per heavy atom. The normalized spacial score (nSPS) is 10.3. The van der Waals surface area contributed by atoms with Crippen molar-refractivity contribution in [3.05, 3.63) is 63.2 Å². The van der Waals surface area contributed by atoms with Gasteiger partial charge in [0.15, 0.2) is 5.75 Å². The van der Waals surface area contributed by atoms with Crippen LogP contribution in [0.3, 0.4) is 0 Å². The van der Waals surface area contributed by atoms with Gasteiger partial charge >= 0.3 is 5.69 Å². The van der Waals surface area contributed by atoms with Gasteiger partial charge in [0.2, 0.25) is 0 Å². The predicted octanol–water partition coefficient (Wildman–Crippen LogP) is 3.37. The number of hydrogen-bond donors (Lipinski definition) is 0. The van der Waals surface area contributed by atoms with E-state index < -0.39 is 4.92 Å². The molecule has 0 spiro atoms. The minimum absolute atomic E-state index is 0.118. The van der Waals surface area contributed by atoms with Crippen LogP contribution in [0.25, 0.3) is 0 Å². The zero-order chi connectivity index (χ0) is 19.3. The lowest BCUT2D eigenvalue weighted by Gasteiger charge is -2.18. The van der Waals surface area contributed by atoms with Crippen molar-refractivity contribution < 1.29 is 19.2 Å². The molecule has 0 aliphatic rings. The van der Waals surface area contributed by atoms with Crippen molar-refractivity contribution in [2.75, 3.05) is 27.3 Å². The molecule has 0 aromatic heterocycles. The molecule has 0 saturated carbocycles. The van der Waals surface area contributed by atoms with Crippen molar-refractivity contribution in [1.29, 1.82) is 0 Å². The molecule has 2 rings (SSSR count). The van der Waals surface area contributed by atoms with Crippen LogP contribution in [0.15, 0.2) is 36.4 Å². The number of nitro benzene ring substituents is 1. The van der Waals surface area contributed by atoms with Crippen LogP contribution >= 0.6 is 0 Å². The molecule has 0 unspecified atom stereocenters. The van der Waals surface area contributed by atoms with Gasteiger partial charge in [0, 0.05) is 18.7 Å². The third-order valence-electron chi connectivity index (χ3n) is 3.86. The van der Waals surface area contributed by atoms with Crippen molar-refractivity contribution in [3.8, 4) is 11.5 Å². The molecule has 0 saturated heterocycles. The van der Waals surface area contributed by atoms with Gasteiger partial charge in [-0.2, -0.15) is 0 Å². The SMILES string of the molecule is COc1ccc(C(=O)N(C)CCOc2cc(C)cc(C)c2)cc1[N+](=O)[O-]. The molecule has 7 nitrogen and oxygen atoms in total. The average molecular weight is 358 g/mol. The maximum absolute atomic E-state index is 12.5. The highest BCUT2D eigenvalue weighted by atomic mass is 16.6. The van der Waals surface area contributed by atoms with Gasteiger partial charge in [-0.25, -0.2) is 0 Å². The zero-order valence-electron chi connectivity index (χ0n) is 15.3. The summed E-state index contributed by atoms with van der Waals surface area (Å²) in [5.41, 5.74) is 2.20. The van der Waals surface area contributed by atoms with E-state index in [0.717, 1.165) is 16.9 Å². The van der Waals surface area contributed by atoms with Crippen LogP contribution in [0.1, 0.15) is 21.5 Å². The second kappa shape index (κ2) is 8.33. The molecule has 0 aliphatic heterocycles. The van der Waals surface area contributed by atoms with Gasteiger partial charge in [0.25, 0.3) is 5.91 Å². The molecule has 7 heteroatoms. The molecule has 2 aromatic carbocycles. The van der Waals surface area contributed by atoms with E-state index in [1.54, 1.807) is 7.05 Å². The van der Waals surface area contributed by atoms with Crippen LogP contribution in [-0.4, -0.2) is 43.0 Å². The molecule has 1 amide bonds. The van der Waals surface area contributed by atoms with Crippen LogP contribution < -0.4 is 9.47 Å². The fourth-order valence-electron chi connectivity index (χ4n) is 2.60. The average Bonchev–Trinajstić information content (AvgIpc) is 2.59. The molecule has 0 aliphatic carbocycles. The van der Waals surface area contributed by atoms with Crippen LogP contribution in [0.2, 0.25) is 0 Å². The number of amides is 1. The van der Waals surface area contributed by atoms with Crippen LogP contribution in [0, 0.1) is 24.0 Å². The summed E-state index contributed by atoms with van der Waals surface area (Å²) in [6, 6.07) is 10.1. The highest BCUT2D eigenvalue weighted by molar-refractivity contribution is 5.95. The van der Waals surface area contributed by atoms with Crippen molar-refractivity contribution in [2.24, 2.45) is 0 Å². The Morgan fingerprint density at radius 2 is 1.81 bits per heavy atom. The maximum atomic E-state index is 12.5. The summed E-state index contributed by atoms with van der Waals surface area (Å²) in [6.07, 6.45) is 0. The summed E-state index contributed by atoms with van der Waals surface area (Å²) < 4.78 is 10.6. The highest BCUT2D eigenvalue weighted by Crippen LogP contribution is 2.27. The van der Waals surface area contributed by atoms with Crippen molar-refractivity contribution >= 4 is 11.6 Å². The van der Waals surface area contributed by atoms with Crippen molar-refractivity contribution in [3.63, 3.8) is 0 Å². The molecule has 0 N–H and O–H groups in total. The summed E-state index contributed by atoms with van der Waals surface area (Å²) in [5.74, 6) is 0.551. The van der Waals surface area contributed by atoms with Gasteiger partial charge in [-0.15, -0.1) is 0 Å². The number of likely N-dealkylation sites (N-methyl/N-ethyl adjacent to an activating group) is 1. The number of carbonyl (C=O) groups excluding carboxylic acids is 1. The Morgan fingerprint density at radius 1 is 1.15 bits per heavy atom. The molecule has 26 heavy (non-hydrogen) atoms. The lowest BCUT2D eigenvalue weighted by atomic mass is 10.1. The number of carbonyl (C=O) groups is 1. The van der Waals surface area contributed by atoms with E-state index in [-0.39, 0.29) is 22.9 Å². The van der Waals surface area contributed by atoms with E-state index in [2.05, 4.69) is 6.07 Å². The smallest absolute Gasteiger partial charge is 0.311 e. The first-order valence-electron chi connectivity index (χ1n) is 8.11.